The quantitative estimate of drug-likeness (QED) is 0.344. The molecule has 0 aromatic carbocycles. The van der Waals surface area contributed by atoms with Crippen molar-refractivity contribution in [3.05, 3.63) is 0 Å². The Morgan fingerprint density at radius 1 is 0.650 bits per heavy atom. The van der Waals surface area contributed by atoms with Crippen LogP contribution in [0.15, 0.2) is 0 Å². The number of rotatable bonds is 4. The van der Waals surface area contributed by atoms with E-state index in [9.17, 15) is 38.7 Å². The van der Waals surface area contributed by atoms with Gasteiger partial charge in [-0.15, -0.1) is 0 Å². The van der Waals surface area contributed by atoms with Gasteiger partial charge in [-0.05, 0) is 0 Å². The third-order valence-corrected chi connectivity index (χ3v) is 5.76. The van der Waals surface area contributed by atoms with Crippen LogP contribution in [0.2, 0.25) is 0 Å². The van der Waals surface area contributed by atoms with Crippen LogP contribution in [0.5, 0.6) is 0 Å². The first-order chi connectivity index (χ1) is 7.41. The standard InChI is InChI=1S/4Cr.K.Na.2H2O.12O/h;;;;;;2*1H2;;;;;;;;;;;;/q;;4*+1;;;;;;;;;;;;;2*-1/p-2. The predicted octanol–water partition coefficient (Wildman–Crippen LogP) is -10.6. The van der Waals surface area contributed by atoms with Gasteiger partial charge in [-0.3, -0.25) is 0 Å². The molecule has 112 valence electrons. The first-order valence-corrected chi connectivity index (χ1v) is 11.1. The van der Waals surface area contributed by atoms with Gasteiger partial charge in [-0.1, -0.05) is 0 Å². The minimum absolute atomic E-state index is 0. The van der Waals surface area contributed by atoms with Crippen LogP contribution in [0.1, 0.15) is 0 Å². The first kappa shape index (κ1) is 30.8. The van der Waals surface area contributed by atoms with Crippen LogP contribution in [-0.4, -0.2) is 8.32 Å². The average molecular weight is 496 g/mol. The summed E-state index contributed by atoms with van der Waals surface area (Å²) in [4.78, 5) is 0. The number of hydrogen-bond acceptors (Lipinski definition) is 12. The maximum absolute atomic E-state index is 9.53. The molecule has 0 aliphatic carbocycles. The summed E-state index contributed by atoms with van der Waals surface area (Å²) in [5.41, 5.74) is 0. The second-order valence-electron chi connectivity index (χ2n) is 1.81. The average Bonchev–Trinajstić information content (AvgIpc) is 1.64. The topological polar surface area (TPSA) is 242 Å². The van der Waals surface area contributed by atoms with E-state index in [1.54, 1.807) is 0 Å². The molecule has 14 nitrogen and oxygen atoms in total. The Morgan fingerprint density at radius 2 is 0.850 bits per heavy atom. The van der Waals surface area contributed by atoms with Crippen LogP contribution >= 0.6 is 0 Å². The summed E-state index contributed by atoms with van der Waals surface area (Å²) in [6, 6.07) is 0. The van der Waals surface area contributed by atoms with Gasteiger partial charge in [0.1, 0.15) is 0 Å². The Balaban J connectivity index is -0.000000116. The van der Waals surface area contributed by atoms with Crippen molar-refractivity contribution in [1.82, 2.24) is 0 Å². The molecule has 0 saturated heterocycles. The van der Waals surface area contributed by atoms with E-state index in [2.05, 4.69) is 5.68 Å². The van der Waals surface area contributed by atoms with Crippen molar-refractivity contribution in [2.45, 2.75) is 0 Å². The Kier molecular flexibility index (Phi) is 17.7. The van der Waals surface area contributed by atoms with Crippen LogP contribution in [-0.2, 0) is 90.6 Å². The number of hydrogen-bond donors (Lipinski definition) is 2. The van der Waals surface area contributed by atoms with Crippen LogP contribution < -0.4 is 89.3 Å². The molecule has 0 amide bonds. The van der Waals surface area contributed by atoms with Crippen molar-refractivity contribution in [1.29, 1.82) is 0 Å². The predicted molar refractivity (Wildman–Crippen MR) is 12.1 cm³/mol. The van der Waals surface area contributed by atoms with Crippen molar-refractivity contribution in [2.75, 3.05) is 0 Å². The van der Waals surface area contributed by atoms with E-state index >= 15 is 0 Å². The monoisotopic (exact) mass is 496 g/mol. The van der Waals surface area contributed by atoms with Crippen LogP contribution in [0.3, 0.4) is 0 Å². The fourth-order valence-corrected chi connectivity index (χ4v) is 3.58. The van der Waals surface area contributed by atoms with Gasteiger partial charge in [0.25, 0.3) is 0 Å². The van der Waals surface area contributed by atoms with Gasteiger partial charge in [-0.25, -0.2) is 0 Å². The molecular formula is H2Cr4KNaO14. The zero-order chi connectivity index (χ0) is 15.4. The zero-order valence-corrected chi connectivity index (χ0v) is 19.6. The molecule has 20 heavy (non-hydrogen) atoms. The van der Waals surface area contributed by atoms with E-state index in [1.165, 1.54) is 0 Å². The third kappa shape index (κ3) is 37.3. The van der Waals surface area contributed by atoms with Gasteiger partial charge in [0.05, 0.1) is 0 Å². The molecule has 0 aliphatic rings. The molecule has 0 spiro atoms. The van der Waals surface area contributed by atoms with E-state index in [0.717, 1.165) is 0 Å². The SMILES string of the molecule is [K+].[Na+].[O]=[Cr](=[O])([O-])[O][Cr](=[O])(=[O])[O-].[O]=[Cr](=[O])([OH])[O][Cr](=[O])(=[O])[OH]. The van der Waals surface area contributed by atoms with Crippen LogP contribution in [0, 0.1) is 0 Å². The fraction of sp³-hybridized carbons (Fsp3) is 0. The van der Waals surface area contributed by atoms with Crippen molar-refractivity contribution in [3.63, 3.8) is 0 Å². The van der Waals surface area contributed by atoms with E-state index in [1.807, 2.05) is 0 Å². The molecule has 0 rings (SSSR count). The van der Waals surface area contributed by atoms with Crippen LogP contribution in [0.25, 0.3) is 0 Å². The normalized spacial score (nSPS) is 12.2. The molecule has 2 N–H and O–H groups in total. The second-order valence-corrected chi connectivity index (χ2v) is 9.21. The molecule has 0 heterocycles. The maximum atomic E-state index is 9.53. The van der Waals surface area contributed by atoms with E-state index in [4.69, 9.17) is 8.32 Å². The molecule has 0 atom stereocenters. The van der Waals surface area contributed by atoms with E-state index < -0.39 is 54.5 Å². The molecule has 20 heteroatoms. The van der Waals surface area contributed by atoms with Gasteiger partial charge in [-0.2, -0.15) is 0 Å². The van der Waals surface area contributed by atoms with Gasteiger partial charge in [0, 0.05) is 0 Å². The molecule has 0 aromatic rings. The first-order valence-electron chi connectivity index (χ1n) is 2.70. The summed E-state index contributed by atoms with van der Waals surface area (Å²) < 4.78 is 115. The van der Waals surface area contributed by atoms with Gasteiger partial charge < -0.3 is 0 Å². The Morgan fingerprint density at radius 3 is 0.850 bits per heavy atom. The second kappa shape index (κ2) is 11.5. The summed E-state index contributed by atoms with van der Waals surface area (Å²) >= 11 is -23.7. The molecule has 0 unspecified atom stereocenters. The summed E-state index contributed by atoms with van der Waals surface area (Å²) in [5, 5.41) is 0. The summed E-state index contributed by atoms with van der Waals surface area (Å²) in [6.45, 7) is 0. The van der Waals surface area contributed by atoms with Crippen molar-refractivity contribution >= 4 is 0 Å². The molecule has 0 radical (unpaired) electrons. The van der Waals surface area contributed by atoms with Crippen molar-refractivity contribution < 1.29 is 188 Å². The Bertz CT molecular complexity index is 537. The Hall–Kier alpha value is 2.93. The molecule has 0 saturated carbocycles. The molecule has 0 aromatic heterocycles. The third-order valence-electron chi connectivity index (χ3n) is 0.339. The Labute approximate surface area is 184 Å². The van der Waals surface area contributed by atoms with Gasteiger partial charge in [0.2, 0.25) is 0 Å². The fourth-order valence-electron chi connectivity index (χ4n) is 0.211. The molecular weight excluding hydrogens is 494 g/mol. The zero-order valence-electron chi connectivity index (χ0n) is 9.43. The summed E-state index contributed by atoms with van der Waals surface area (Å²) in [7, 11) is 0. The van der Waals surface area contributed by atoms with Crippen molar-refractivity contribution in [2.24, 2.45) is 0 Å². The van der Waals surface area contributed by atoms with Gasteiger partial charge in [0.15, 0.2) is 0 Å². The minimum atomic E-state index is -6.07. The molecule has 0 fully saturated rings. The van der Waals surface area contributed by atoms with Gasteiger partial charge >= 0.3 is 188 Å². The summed E-state index contributed by atoms with van der Waals surface area (Å²) in [5.74, 6) is 0. The summed E-state index contributed by atoms with van der Waals surface area (Å²) in [6.07, 6.45) is 0. The van der Waals surface area contributed by atoms with E-state index in [0.29, 0.717) is 0 Å². The van der Waals surface area contributed by atoms with E-state index in [-0.39, 0.29) is 80.9 Å². The molecule has 0 aliphatic heterocycles. The molecule has 0 bridgehead atoms. The van der Waals surface area contributed by atoms with Crippen LogP contribution in [0.4, 0.5) is 0 Å². The van der Waals surface area contributed by atoms with Crippen molar-refractivity contribution in [3.8, 4) is 0 Å².